The Bertz CT molecular complexity index is 3070. The van der Waals surface area contributed by atoms with Crippen LogP contribution in [0.2, 0.25) is 0 Å². The molecule has 0 bridgehead atoms. The molecular formula is C49H33N3OS. The van der Waals surface area contributed by atoms with E-state index in [9.17, 15) is 0 Å². The number of aliphatic imine (C=N–C) groups is 1. The highest BCUT2D eigenvalue weighted by Gasteiger charge is 2.26. The van der Waals surface area contributed by atoms with Gasteiger partial charge in [0.25, 0.3) is 0 Å². The molecule has 8 aromatic carbocycles. The maximum Gasteiger partial charge on any atom is 0.136 e. The van der Waals surface area contributed by atoms with Gasteiger partial charge in [-0.25, -0.2) is 4.99 Å². The van der Waals surface area contributed by atoms with Gasteiger partial charge in [-0.05, 0) is 74.5 Å². The lowest BCUT2D eigenvalue weighted by Gasteiger charge is -2.32. The van der Waals surface area contributed by atoms with Crippen molar-refractivity contribution in [2.45, 2.75) is 12.3 Å². The maximum absolute atomic E-state index is 6.48. The summed E-state index contributed by atoms with van der Waals surface area (Å²) in [5.41, 5.74) is 9.96. The van der Waals surface area contributed by atoms with E-state index in [1.165, 1.54) is 53.2 Å². The minimum atomic E-state index is -0.230. The largest absolute Gasteiger partial charge is 0.456 e. The van der Waals surface area contributed by atoms with Crippen molar-refractivity contribution in [1.82, 2.24) is 10.6 Å². The number of thiophene rings is 1. The van der Waals surface area contributed by atoms with Crippen molar-refractivity contribution in [1.29, 1.82) is 0 Å². The molecule has 2 N–H and O–H groups in total. The second-order valence-electron chi connectivity index (χ2n) is 14.0. The van der Waals surface area contributed by atoms with Crippen molar-refractivity contribution in [3.05, 3.63) is 193 Å². The van der Waals surface area contributed by atoms with E-state index < -0.39 is 0 Å². The molecule has 4 nitrogen and oxygen atoms in total. The predicted molar refractivity (Wildman–Crippen MR) is 226 cm³/mol. The van der Waals surface area contributed by atoms with Crippen LogP contribution in [-0.4, -0.2) is 5.84 Å². The van der Waals surface area contributed by atoms with Crippen molar-refractivity contribution in [3.63, 3.8) is 0 Å². The maximum atomic E-state index is 6.48. The van der Waals surface area contributed by atoms with Crippen LogP contribution in [0.5, 0.6) is 0 Å². The summed E-state index contributed by atoms with van der Waals surface area (Å²) in [7, 11) is 0. The molecule has 0 amide bonds. The van der Waals surface area contributed by atoms with Gasteiger partial charge < -0.3 is 9.73 Å². The zero-order valence-corrected chi connectivity index (χ0v) is 30.0. The highest BCUT2D eigenvalue weighted by Crippen LogP contribution is 2.45. The van der Waals surface area contributed by atoms with Crippen LogP contribution in [0.25, 0.3) is 75.1 Å². The van der Waals surface area contributed by atoms with E-state index in [0.717, 1.165) is 44.5 Å². The van der Waals surface area contributed by atoms with E-state index >= 15 is 0 Å². The summed E-state index contributed by atoms with van der Waals surface area (Å²) >= 11 is 1.87. The Morgan fingerprint density at radius 1 is 0.463 bits per heavy atom. The Hall–Kier alpha value is -6.53. The minimum Gasteiger partial charge on any atom is -0.456 e. The molecule has 2 unspecified atom stereocenters. The third-order valence-electron chi connectivity index (χ3n) is 10.7. The first-order valence-corrected chi connectivity index (χ1v) is 19.2. The summed E-state index contributed by atoms with van der Waals surface area (Å²) in [4.78, 5) is 5.21. The fourth-order valence-corrected chi connectivity index (χ4v) is 9.44. The molecule has 256 valence electrons. The molecule has 11 rings (SSSR count). The summed E-state index contributed by atoms with van der Waals surface area (Å²) in [6.07, 6.45) is -0.318. The van der Waals surface area contributed by atoms with Crippen LogP contribution in [0.4, 0.5) is 0 Å². The fourth-order valence-electron chi connectivity index (χ4n) is 8.07. The first kappa shape index (κ1) is 31.0. The number of furan rings is 1. The first-order valence-electron chi connectivity index (χ1n) is 18.3. The zero-order chi connectivity index (χ0) is 35.6. The molecule has 3 heterocycles. The molecule has 1 aliphatic rings. The number of nitrogens with zero attached hydrogens (tertiary/aromatic N) is 1. The molecule has 1 aliphatic heterocycles. The van der Waals surface area contributed by atoms with Crippen LogP contribution >= 0.6 is 11.3 Å². The van der Waals surface area contributed by atoms with Gasteiger partial charge in [0.15, 0.2) is 0 Å². The van der Waals surface area contributed by atoms with Crippen molar-refractivity contribution < 1.29 is 4.42 Å². The number of nitrogens with one attached hydrogen (secondary N) is 2. The van der Waals surface area contributed by atoms with Crippen LogP contribution in [-0.2, 0) is 0 Å². The molecule has 0 radical (unpaired) electrons. The van der Waals surface area contributed by atoms with Crippen molar-refractivity contribution in [2.75, 3.05) is 0 Å². The van der Waals surface area contributed by atoms with E-state index in [1.807, 2.05) is 17.4 Å². The van der Waals surface area contributed by atoms with E-state index in [2.05, 4.69) is 180 Å². The first-order chi connectivity index (χ1) is 26.7. The second-order valence-corrected chi connectivity index (χ2v) is 15.0. The summed E-state index contributed by atoms with van der Waals surface area (Å²) in [5.74, 6) is 0.881. The molecule has 54 heavy (non-hydrogen) atoms. The number of hydrogen-bond acceptors (Lipinski definition) is 5. The summed E-state index contributed by atoms with van der Waals surface area (Å²) < 4.78 is 9.04. The smallest absolute Gasteiger partial charge is 0.136 e. The van der Waals surface area contributed by atoms with Gasteiger partial charge in [-0.2, -0.15) is 0 Å². The lowest BCUT2D eigenvalue weighted by atomic mass is 9.98. The Balaban J connectivity index is 0.999. The molecule has 0 saturated carbocycles. The summed E-state index contributed by atoms with van der Waals surface area (Å²) in [5, 5.41) is 14.7. The van der Waals surface area contributed by atoms with Gasteiger partial charge in [-0.15, -0.1) is 11.3 Å². The van der Waals surface area contributed by atoms with Crippen molar-refractivity contribution in [2.24, 2.45) is 4.99 Å². The third kappa shape index (κ3) is 5.20. The van der Waals surface area contributed by atoms with Gasteiger partial charge in [-0.1, -0.05) is 146 Å². The van der Waals surface area contributed by atoms with E-state index in [1.54, 1.807) is 0 Å². The summed E-state index contributed by atoms with van der Waals surface area (Å²) in [6.45, 7) is 0. The molecule has 2 atom stereocenters. The average molecular weight is 712 g/mol. The molecular weight excluding hydrogens is 679 g/mol. The lowest BCUT2D eigenvalue weighted by molar-refractivity contribution is 0.409. The fraction of sp³-hybridized carbons (Fsp3) is 0.0408. The topological polar surface area (TPSA) is 49.6 Å². The molecule has 5 heteroatoms. The molecule has 0 fully saturated rings. The number of benzene rings is 8. The van der Waals surface area contributed by atoms with E-state index in [0.29, 0.717) is 0 Å². The molecule has 0 saturated heterocycles. The SMILES string of the molecule is c1ccc(C2=NC(c3cccc(-c4cccc5c4sc4c(-c6ccc7c(c6)oc6cc8ccccc8cc67)cccc45)c3)NC(c3ccccc3)N2)cc1. The minimum absolute atomic E-state index is 0.0876. The van der Waals surface area contributed by atoms with Crippen LogP contribution in [0.1, 0.15) is 29.0 Å². The Labute approximate surface area is 316 Å². The van der Waals surface area contributed by atoms with Gasteiger partial charge in [-0.3, -0.25) is 5.32 Å². The highest BCUT2D eigenvalue weighted by molar-refractivity contribution is 7.26. The lowest BCUT2D eigenvalue weighted by Crippen LogP contribution is -2.44. The number of hydrogen-bond donors (Lipinski definition) is 2. The van der Waals surface area contributed by atoms with Crippen molar-refractivity contribution in [3.8, 4) is 22.3 Å². The van der Waals surface area contributed by atoms with E-state index in [4.69, 9.17) is 9.41 Å². The van der Waals surface area contributed by atoms with Gasteiger partial charge in [0.1, 0.15) is 29.3 Å². The van der Waals surface area contributed by atoms with Crippen LogP contribution in [0.3, 0.4) is 0 Å². The monoisotopic (exact) mass is 711 g/mol. The van der Waals surface area contributed by atoms with Crippen molar-refractivity contribution >= 4 is 70.1 Å². The Kier molecular flexibility index (Phi) is 7.22. The van der Waals surface area contributed by atoms with Gasteiger partial charge in [0.2, 0.25) is 0 Å². The highest BCUT2D eigenvalue weighted by atomic mass is 32.1. The quantitative estimate of drug-likeness (QED) is 0.187. The molecule has 0 spiro atoms. The Morgan fingerprint density at radius 3 is 1.83 bits per heavy atom. The van der Waals surface area contributed by atoms with Crippen LogP contribution in [0.15, 0.2) is 185 Å². The Morgan fingerprint density at radius 2 is 1.07 bits per heavy atom. The normalized spacial score (nSPS) is 16.0. The third-order valence-corrected chi connectivity index (χ3v) is 12.0. The second kappa shape index (κ2) is 12.6. The van der Waals surface area contributed by atoms with Crippen LogP contribution < -0.4 is 10.6 Å². The van der Waals surface area contributed by atoms with Gasteiger partial charge >= 0.3 is 0 Å². The molecule has 2 aromatic heterocycles. The molecule has 0 aliphatic carbocycles. The predicted octanol–water partition coefficient (Wildman–Crippen LogP) is 12.8. The van der Waals surface area contributed by atoms with Crippen LogP contribution in [0, 0.1) is 0 Å². The van der Waals surface area contributed by atoms with Gasteiger partial charge in [0.05, 0.1) is 0 Å². The van der Waals surface area contributed by atoms with Gasteiger partial charge in [0, 0.05) is 36.5 Å². The van der Waals surface area contributed by atoms with E-state index in [-0.39, 0.29) is 12.3 Å². The zero-order valence-electron chi connectivity index (χ0n) is 29.2. The average Bonchev–Trinajstić information content (AvgIpc) is 3.81. The molecule has 10 aromatic rings. The standard InChI is InChI=1S/C49H33N3OS/c1-3-12-30(13-4-1)47-50-48(31-14-5-2-6-15-31)52-49(51-47)36-19-9-18-34(26-36)37-20-10-22-40-41-23-11-21-38(46(41)54-45(37)40)35-24-25-39-42-27-32-16-7-8-17-33(32)28-44(42)53-43(39)29-35/h1-29,47,49,51H,(H,50,52). The summed E-state index contributed by atoms with van der Waals surface area (Å²) in [6, 6.07) is 62.7. The number of rotatable bonds is 5. The number of amidine groups is 1. The number of fused-ring (bicyclic) bond motifs is 7.